The number of benzene rings is 2. The van der Waals surface area contributed by atoms with Crippen molar-refractivity contribution in [2.75, 3.05) is 6.61 Å². The van der Waals surface area contributed by atoms with Crippen LogP contribution in [-0.2, 0) is 11.8 Å². The number of carbonyl (C=O) groups is 2. The molecular formula is C18H15N3O5S. The van der Waals surface area contributed by atoms with Crippen molar-refractivity contribution in [1.29, 1.82) is 0 Å². The number of aromatic nitrogens is 1. The molecule has 0 N–H and O–H groups in total. The van der Waals surface area contributed by atoms with E-state index in [1.54, 1.807) is 42.8 Å². The van der Waals surface area contributed by atoms with Gasteiger partial charge in [-0.25, -0.2) is 4.79 Å². The highest BCUT2D eigenvalue weighted by Crippen LogP contribution is 2.21. The molecule has 0 radical (unpaired) electrons. The van der Waals surface area contributed by atoms with Crippen molar-refractivity contribution in [3.63, 3.8) is 0 Å². The van der Waals surface area contributed by atoms with Crippen LogP contribution in [-0.4, -0.2) is 28.0 Å². The predicted octanol–water partition coefficient (Wildman–Crippen LogP) is 3.07. The van der Waals surface area contributed by atoms with E-state index in [4.69, 9.17) is 4.74 Å². The molecule has 1 amide bonds. The van der Waals surface area contributed by atoms with Crippen LogP contribution in [0.1, 0.15) is 27.6 Å². The van der Waals surface area contributed by atoms with E-state index in [1.807, 2.05) is 0 Å². The summed E-state index contributed by atoms with van der Waals surface area (Å²) in [6, 6.07) is 10.7. The van der Waals surface area contributed by atoms with Crippen molar-refractivity contribution in [1.82, 2.24) is 4.57 Å². The zero-order valence-electron chi connectivity index (χ0n) is 14.5. The number of aryl methyl sites for hydroxylation is 1. The minimum atomic E-state index is -0.699. The monoisotopic (exact) mass is 385 g/mol. The Hall–Kier alpha value is -3.33. The van der Waals surface area contributed by atoms with E-state index < -0.39 is 16.8 Å². The van der Waals surface area contributed by atoms with Gasteiger partial charge in [0.15, 0.2) is 4.80 Å². The largest absolute Gasteiger partial charge is 0.462 e. The highest BCUT2D eigenvalue weighted by molar-refractivity contribution is 7.16. The number of rotatable bonds is 4. The number of esters is 1. The topological polar surface area (TPSA) is 104 Å². The first-order valence-corrected chi connectivity index (χ1v) is 8.83. The van der Waals surface area contributed by atoms with Gasteiger partial charge in [0.25, 0.3) is 11.6 Å². The van der Waals surface area contributed by atoms with Crippen molar-refractivity contribution in [3.8, 4) is 0 Å². The first-order chi connectivity index (χ1) is 12.9. The molecular weight excluding hydrogens is 370 g/mol. The van der Waals surface area contributed by atoms with Crippen molar-refractivity contribution in [2.24, 2.45) is 12.0 Å². The number of carbonyl (C=O) groups excluding carboxylic acids is 2. The molecule has 0 saturated carbocycles. The molecule has 1 heterocycles. The molecule has 0 fully saturated rings. The third-order valence-corrected chi connectivity index (χ3v) is 4.94. The Kier molecular flexibility index (Phi) is 5.13. The molecule has 138 valence electrons. The molecule has 2 aromatic carbocycles. The van der Waals surface area contributed by atoms with Gasteiger partial charge in [-0.2, -0.15) is 4.99 Å². The fourth-order valence-electron chi connectivity index (χ4n) is 2.54. The summed E-state index contributed by atoms with van der Waals surface area (Å²) in [4.78, 5) is 39.3. The number of nitro benzene ring substituents is 1. The lowest BCUT2D eigenvalue weighted by Gasteiger charge is -2.01. The van der Waals surface area contributed by atoms with Crippen molar-refractivity contribution in [3.05, 3.63) is 68.5 Å². The highest BCUT2D eigenvalue weighted by Gasteiger charge is 2.19. The number of nitrogens with zero attached hydrogens (tertiary/aromatic N) is 3. The molecule has 0 aliphatic carbocycles. The minimum absolute atomic E-state index is 0.0767. The maximum Gasteiger partial charge on any atom is 0.338 e. The fraction of sp³-hybridized carbons (Fsp3) is 0.167. The summed E-state index contributed by atoms with van der Waals surface area (Å²) in [5, 5.41) is 11.1. The Morgan fingerprint density at radius 2 is 2.00 bits per heavy atom. The van der Waals surface area contributed by atoms with Gasteiger partial charge < -0.3 is 9.30 Å². The Labute approximate surface area is 157 Å². The molecule has 8 nitrogen and oxygen atoms in total. The third-order valence-electron chi connectivity index (χ3n) is 3.85. The van der Waals surface area contributed by atoms with Crippen LogP contribution in [0.5, 0.6) is 0 Å². The molecule has 9 heteroatoms. The average molecular weight is 385 g/mol. The molecule has 0 saturated heterocycles. The first-order valence-electron chi connectivity index (χ1n) is 8.01. The van der Waals surface area contributed by atoms with Crippen LogP contribution in [0, 0.1) is 10.1 Å². The van der Waals surface area contributed by atoms with E-state index in [2.05, 4.69) is 4.99 Å². The lowest BCUT2D eigenvalue weighted by Crippen LogP contribution is -2.14. The molecule has 3 rings (SSSR count). The Morgan fingerprint density at radius 1 is 1.26 bits per heavy atom. The second-order valence-corrected chi connectivity index (χ2v) is 6.55. The molecule has 0 aliphatic heterocycles. The normalized spacial score (nSPS) is 11.6. The fourth-order valence-corrected chi connectivity index (χ4v) is 3.60. The van der Waals surface area contributed by atoms with E-state index in [0.717, 1.165) is 10.2 Å². The minimum Gasteiger partial charge on any atom is -0.462 e. The first kappa shape index (κ1) is 18.5. The predicted molar refractivity (Wildman–Crippen MR) is 99.7 cm³/mol. The van der Waals surface area contributed by atoms with Gasteiger partial charge in [-0.1, -0.05) is 23.5 Å². The SMILES string of the molecule is CCOC(=O)c1ccc2c(c1)sc(=NC(=O)c1ccccc1[N+](=O)[O-])n2C. The van der Waals surface area contributed by atoms with Crippen molar-refractivity contribution >= 4 is 39.1 Å². The molecule has 1 aromatic heterocycles. The van der Waals surface area contributed by atoms with Crippen LogP contribution in [0.25, 0.3) is 10.2 Å². The van der Waals surface area contributed by atoms with Crippen LogP contribution in [0.15, 0.2) is 47.5 Å². The van der Waals surface area contributed by atoms with Crippen molar-refractivity contribution in [2.45, 2.75) is 6.92 Å². The lowest BCUT2D eigenvalue weighted by atomic mass is 10.2. The van der Waals surface area contributed by atoms with Crippen molar-refractivity contribution < 1.29 is 19.2 Å². The molecule has 27 heavy (non-hydrogen) atoms. The number of hydrogen-bond donors (Lipinski definition) is 0. The summed E-state index contributed by atoms with van der Waals surface area (Å²) < 4.78 is 7.43. The van der Waals surface area contributed by atoms with E-state index in [0.29, 0.717) is 10.4 Å². The second kappa shape index (κ2) is 7.50. The highest BCUT2D eigenvalue weighted by atomic mass is 32.1. The zero-order chi connectivity index (χ0) is 19.6. The molecule has 0 unspecified atom stereocenters. The third kappa shape index (κ3) is 3.63. The number of amides is 1. The Bertz CT molecular complexity index is 1130. The molecule has 0 aliphatic rings. The van der Waals surface area contributed by atoms with E-state index >= 15 is 0 Å². The van der Waals surface area contributed by atoms with Gasteiger partial charge in [0.1, 0.15) is 5.56 Å². The van der Waals surface area contributed by atoms with Gasteiger partial charge in [-0.05, 0) is 31.2 Å². The second-order valence-electron chi connectivity index (χ2n) is 5.54. The summed E-state index contributed by atoms with van der Waals surface area (Å²) >= 11 is 1.21. The van der Waals surface area contributed by atoms with Gasteiger partial charge in [-0.3, -0.25) is 14.9 Å². The molecule has 0 bridgehead atoms. The van der Waals surface area contributed by atoms with E-state index in [1.165, 1.54) is 29.5 Å². The van der Waals surface area contributed by atoms with Crippen LogP contribution in [0.2, 0.25) is 0 Å². The maximum absolute atomic E-state index is 12.5. The quantitative estimate of drug-likeness (QED) is 0.390. The standard InChI is InChI=1S/C18H15N3O5S/c1-3-26-17(23)11-8-9-14-15(10-11)27-18(20(14)2)19-16(22)12-6-4-5-7-13(12)21(24)25/h4-10H,3H2,1-2H3. The smallest absolute Gasteiger partial charge is 0.338 e. The number of thiazole rings is 1. The van der Waals surface area contributed by atoms with Gasteiger partial charge in [0.2, 0.25) is 0 Å². The average Bonchev–Trinajstić information content (AvgIpc) is 2.96. The zero-order valence-corrected chi connectivity index (χ0v) is 15.4. The van der Waals surface area contributed by atoms with E-state index in [-0.39, 0.29) is 17.9 Å². The van der Waals surface area contributed by atoms with Crippen LogP contribution >= 0.6 is 11.3 Å². The van der Waals surface area contributed by atoms with Crippen LogP contribution in [0.4, 0.5) is 5.69 Å². The lowest BCUT2D eigenvalue weighted by molar-refractivity contribution is -0.385. The van der Waals surface area contributed by atoms with E-state index in [9.17, 15) is 19.7 Å². The number of nitro groups is 1. The summed E-state index contributed by atoms with van der Waals surface area (Å²) in [5.74, 6) is -1.12. The number of ether oxygens (including phenoxy) is 1. The van der Waals surface area contributed by atoms with Crippen LogP contribution < -0.4 is 4.80 Å². The maximum atomic E-state index is 12.5. The number of para-hydroxylation sites is 1. The molecule has 0 atom stereocenters. The number of fused-ring (bicyclic) bond motifs is 1. The van der Waals surface area contributed by atoms with Crippen LogP contribution in [0.3, 0.4) is 0 Å². The Morgan fingerprint density at radius 3 is 2.70 bits per heavy atom. The summed E-state index contributed by atoms with van der Waals surface area (Å²) in [5.41, 5.74) is 0.816. The van der Waals surface area contributed by atoms with Gasteiger partial charge in [0.05, 0.1) is 27.3 Å². The Balaban J connectivity index is 2.06. The van der Waals surface area contributed by atoms with Gasteiger partial charge >= 0.3 is 5.97 Å². The summed E-state index contributed by atoms with van der Waals surface area (Å²) in [7, 11) is 1.73. The summed E-state index contributed by atoms with van der Waals surface area (Å²) in [6.45, 7) is 2.01. The number of hydrogen-bond acceptors (Lipinski definition) is 6. The van der Waals surface area contributed by atoms with Gasteiger partial charge in [0, 0.05) is 13.1 Å². The molecule has 3 aromatic rings. The molecule has 0 spiro atoms. The van der Waals surface area contributed by atoms with Gasteiger partial charge in [-0.15, -0.1) is 0 Å². The summed E-state index contributed by atoms with van der Waals surface area (Å²) in [6.07, 6.45) is 0.